The number of hydrazone groups is 1. The number of allylic oxidation sites excluding steroid dienone is 1. The maximum atomic E-state index is 4.69. The minimum atomic E-state index is 0.329. The van der Waals surface area contributed by atoms with Crippen molar-refractivity contribution in [1.29, 1.82) is 0 Å². The van der Waals surface area contributed by atoms with Gasteiger partial charge in [0.05, 0.1) is 11.8 Å². The highest BCUT2D eigenvalue weighted by Crippen LogP contribution is 2.39. The largest absolute Gasteiger partial charge is 0.302 e. The van der Waals surface area contributed by atoms with E-state index in [2.05, 4.69) is 72.2 Å². The van der Waals surface area contributed by atoms with Gasteiger partial charge in [-0.2, -0.15) is 5.10 Å². The van der Waals surface area contributed by atoms with Crippen molar-refractivity contribution in [2.75, 3.05) is 0 Å². The molecule has 0 amide bonds. The molecule has 2 aliphatic rings. The Morgan fingerprint density at radius 3 is 2.45 bits per heavy atom. The van der Waals surface area contributed by atoms with Crippen LogP contribution in [0.4, 0.5) is 0 Å². The van der Waals surface area contributed by atoms with Crippen LogP contribution in [0, 0.1) is 5.92 Å². The van der Waals surface area contributed by atoms with Gasteiger partial charge in [0.15, 0.2) is 0 Å². The van der Waals surface area contributed by atoms with Crippen molar-refractivity contribution in [3.63, 3.8) is 0 Å². The summed E-state index contributed by atoms with van der Waals surface area (Å²) in [6, 6.07) is 21.6. The minimum absolute atomic E-state index is 0.329. The third-order valence-electron chi connectivity index (χ3n) is 4.67. The average Bonchev–Trinajstić information content (AvgIpc) is 3.02. The van der Waals surface area contributed by atoms with E-state index in [9.17, 15) is 0 Å². The Hall–Kier alpha value is -2.35. The van der Waals surface area contributed by atoms with Gasteiger partial charge in [-0.15, -0.1) is 0 Å². The molecule has 0 radical (unpaired) electrons. The molecule has 1 aliphatic heterocycles. The third kappa shape index (κ3) is 2.45. The van der Waals surface area contributed by atoms with Crippen LogP contribution < -0.4 is 5.43 Å². The Morgan fingerprint density at radius 2 is 1.68 bits per heavy atom. The molecule has 1 aliphatic carbocycles. The maximum Gasteiger partial charge on any atom is 0.0773 e. The van der Waals surface area contributed by atoms with Gasteiger partial charge >= 0.3 is 0 Å². The number of fused-ring (bicyclic) bond motifs is 1. The molecule has 2 heteroatoms. The molecule has 0 spiro atoms. The predicted molar refractivity (Wildman–Crippen MR) is 91.5 cm³/mol. The second-order valence-corrected chi connectivity index (χ2v) is 6.09. The predicted octanol–water partition coefficient (Wildman–Crippen LogP) is 4.57. The SMILES string of the molecule is C(=C1/CCCC2C1=NNC2c1ccccc1)/c1ccccc1. The second kappa shape index (κ2) is 5.80. The molecule has 2 unspecified atom stereocenters. The van der Waals surface area contributed by atoms with Gasteiger partial charge in [0, 0.05) is 5.92 Å². The molecule has 22 heavy (non-hydrogen) atoms. The molecule has 2 atom stereocenters. The Kier molecular flexibility index (Phi) is 3.51. The van der Waals surface area contributed by atoms with Crippen molar-refractivity contribution in [1.82, 2.24) is 5.43 Å². The van der Waals surface area contributed by atoms with E-state index in [0.717, 1.165) is 6.42 Å². The summed E-state index contributed by atoms with van der Waals surface area (Å²) in [6.07, 6.45) is 5.90. The van der Waals surface area contributed by atoms with Crippen LogP contribution in [-0.2, 0) is 0 Å². The topological polar surface area (TPSA) is 24.4 Å². The normalized spacial score (nSPS) is 25.5. The molecule has 1 fully saturated rings. The molecule has 2 aromatic rings. The van der Waals surface area contributed by atoms with Crippen LogP contribution in [0.5, 0.6) is 0 Å². The molecule has 2 aromatic carbocycles. The smallest absolute Gasteiger partial charge is 0.0773 e. The minimum Gasteiger partial charge on any atom is -0.302 e. The van der Waals surface area contributed by atoms with Crippen molar-refractivity contribution >= 4 is 11.8 Å². The molecule has 2 nitrogen and oxygen atoms in total. The summed E-state index contributed by atoms with van der Waals surface area (Å²) in [7, 11) is 0. The molecule has 0 bridgehead atoms. The van der Waals surface area contributed by atoms with E-state index >= 15 is 0 Å². The molecule has 0 aromatic heterocycles. The van der Waals surface area contributed by atoms with E-state index in [1.165, 1.54) is 35.3 Å². The van der Waals surface area contributed by atoms with E-state index in [1.807, 2.05) is 0 Å². The average molecular weight is 288 g/mol. The zero-order valence-electron chi connectivity index (χ0n) is 12.6. The highest BCUT2D eigenvalue weighted by atomic mass is 15.3. The van der Waals surface area contributed by atoms with Crippen molar-refractivity contribution in [2.45, 2.75) is 25.3 Å². The van der Waals surface area contributed by atoms with Gasteiger partial charge in [-0.25, -0.2) is 0 Å². The Labute approximate surface area is 131 Å². The fraction of sp³-hybridized carbons (Fsp3) is 0.250. The first kappa shape index (κ1) is 13.3. The van der Waals surface area contributed by atoms with E-state index in [0.29, 0.717) is 12.0 Å². The number of hydrogen-bond acceptors (Lipinski definition) is 2. The zero-order chi connectivity index (χ0) is 14.8. The van der Waals surface area contributed by atoms with E-state index in [1.54, 1.807) is 0 Å². The lowest BCUT2D eigenvalue weighted by Crippen LogP contribution is -2.25. The highest BCUT2D eigenvalue weighted by Gasteiger charge is 2.36. The summed E-state index contributed by atoms with van der Waals surface area (Å²) in [5.74, 6) is 0.506. The first-order valence-corrected chi connectivity index (χ1v) is 8.06. The number of rotatable bonds is 2. The summed E-state index contributed by atoms with van der Waals surface area (Å²) < 4.78 is 0. The Morgan fingerprint density at radius 1 is 0.955 bits per heavy atom. The molecule has 110 valence electrons. The molecule has 1 N–H and O–H groups in total. The molecule has 1 saturated carbocycles. The van der Waals surface area contributed by atoms with Crippen molar-refractivity contribution in [3.05, 3.63) is 77.4 Å². The Balaban J connectivity index is 1.63. The number of nitrogens with one attached hydrogen (secondary N) is 1. The van der Waals surface area contributed by atoms with Gasteiger partial charge in [-0.1, -0.05) is 60.7 Å². The lowest BCUT2D eigenvalue weighted by molar-refractivity contribution is 0.451. The van der Waals surface area contributed by atoms with Gasteiger partial charge in [0.1, 0.15) is 0 Å². The second-order valence-electron chi connectivity index (χ2n) is 6.09. The van der Waals surface area contributed by atoms with Crippen LogP contribution in [0.25, 0.3) is 6.08 Å². The molecular formula is C20H20N2. The van der Waals surface area contributed by atoms with Crippen LogP contribution in [0.15, 0.2) is 71.3 Å². The lowest BCUT2D eigenvalue weighted by atomic mass is 9.78. The van der Waals surface area contributed by atoms with Gasteiger partial charge in [0.25, 0.3) is 0 Å². The van der Waals surface area contributed by atoms with Crippen LogP contribution in [0.1, 0.15) is 36.4 Å². The van der Waals surface area contributed by atoms with Gasteiger partial charge in [-0.05, 0) is 42.0 Å². The molecule has 1 heterocycles. The first-order valence-electron chi connectivity index (χ1n) is 8.06. The quantitative estimate of drug-likeness (QED) is 0.860. The highest BCUT2D eigenvalue weighted by molar-refractivity contribution is 6.07. The van der Waals surface area contributed by atoms with Crippen molar-refractivity contribution in [3.8, 4) is 0 Å². The number of hydrogen-bond donors (Lipinski definition) is 1. The van der Waals surface area contributed by atoms with E-state index < -0.39 is 0 Å². The zero-order valence-corrected chi connectivity index (χ0v) is 12.6. The van der Waals surface area contributed by atoms with Crippen LogP contribution in [0.3, 0.4) is 0 Å². The lowest BCUT2D eigenvalue weighted by Gasteiger charge is -2.26. The Bertz CT molecular complexity index is 701. The summed E-state index contributed by atoms with van der Waals surface area (Å²) in [5, 5.41) is 4.69. The van der Waals surface area contributed by atoms with Gasteiger partial charge in [-0.3, -0.25) is 0 Å². The van der Waals surface area contributed by atoms with Crippen LogP contribution >= 0.6 is 0 Å². The van der Waals surface area contributed by atoms with E-state index in [-0.39, 0.29) is 0 Å². The van der Waals surface area contributed by atoms with E-state index in [4.69, 9.17) is 5.10 Å². The van der Waals surface area contributed by atoms with Crippen LogP contribution in [0.2, 0.25) is 0 Å². The molecular weight excluding hydrogens is 268 g/mol. The number of nitrogens with zero attached hydrogens (tertiary/aromatic N) is 1. The summed E-state index contributed by atoms with van der Waals surface area (Å²) in [5.41, 5.74) is 8.65. The summed E-state index contributed by atoms with van der Waals surface area (Å²) in [4.78, 5) is 0. The standard InChI is InChI=1S/C20H20N2/c1-3-8-15(9-4-1)14-17-12-7-13-18-19(21-22-20(17)18)16-10-5-2-6-11-16/h1-6,8-11,14,18-19,21H,7,12-13H2/b17-14+. The number of benzene rings is 2. The van der Waals surface area contributed by atoms with Crippen molar-refractivity contribution in [2.24, 2.45) is 11.0 Å². The van der Waals surface area contributed by atoms with Crippen LogP contribution in [-0.4, -0.2) is 5.71 Å². The fourth-order valence-electron chi connectivity index (χ4n) is 3.59. The summed E-state index contributed by atoms with van der Waals surface area (Å²) in [6.45, 7) is 0. The summed E-state index contributed by atoms with van der Waals surface area (Å²) >= 11 is 0. The maximum absolute atomic E-state index is 4.69. The fourth-order valence-corrected chi connectivity index (χ4v) is 3.59. The first-order chi connectivity index (χ1) is 10.9. The van der Waals surface area contributed by atoms with Gasteiger partial charge in [0.2, 0.25) is 0 Å². The molecule has 0 saturated heterocycles. The van der Waals surface area contributed by atoms with Gasteiger partial charge < -0.3 is 5.43 Å². The molecule has 4 rings (SSSR count). The third-order valence-corrected chi connectivity index (χ3v) is 4.67. The van der Waals surface area contributed by atoms with Crippen molar-refractivity contribution < 1.29 is 0 Å². The monoisotopic (exact) mass is 288 g/mol.